The topological polar surface area (TPSA) is 29.9 Å². The maximum absolute atomic E-state index is 4.86. The van der Waals surface area contributed by atoms with Crippen LogP contribution < -0.4 is 5.32 Å². The fraction of sp³-hybridized carbons (Fsp3) is 0.769. The van der Waals surface area contributed by atoms with Gasteiger partial charge in [-0.2, -0.15) is 0 Å². The average Bonchev–Trinajstić information content (AvgIpc) is 2.73. The van der Waals surface area contributed by atoms with Gasteiger partial charge in [-0.3, -0.25) is 0 Å². The molecule has 3 heterocycles. The minimum Gasteiger partial charge on any atom is -0.335 e. The molecule has 1 N–H and O–H groups in total. The number of imidazole rings is 1. The number of nitrogens with zero attached hydrogens (tertiary/aromatic N) is 2. The van der Waals surface area contributed by atoms with Crippen LogP contribution >= 0.6 is 0 Å². The Labute approximate surface area is 97.3 Å². The highest BCUT2D eigenvalue weighted by Gasteiger charge is 2.22. The molecule has 1 atom stereocenters. The molecule has 1 saturated heterocycles. The smallest absolute Gasteiger partial charge is 0.109 e. The van der Waals surface area contributed by atoms with Crippen LogP contribution in [0.5, 0.6) is 0 Å². The molecule has 0 spiro atoms. The van der Waals surface area contributed by atoms with Crippen molar-refractivity contribution in [3.8, 4) is 0 Å². The van der Waals surface area contributed by atoms with Crippen LogP contribution in [0.2, 0.25) is 0 Å². The molecule has 0 aliphatic carbocycles. The molecule has 3 rings (SSSR count). The van der Waals surface area contributed by atoms with Crippen molar-refractivity contribution in [2.24, 2.45) is 5.92 Å². The van der Waals surface area contributed by atoms with Crippen molar-refractivity contribution in [3.05, 3.63) is 17.7 Å². The molecule has 0 unspecified atom stereocenters. The molecular formula is C13H21N3. The molecule has 3 nitrogen and oxygen atoms in total. The van der Waals surface area contributed by atoms with E-state index in [4.69, 9.17) is 4.98 Å². The molecule has 2 aliphatic heterocycles. The van der Waals surface area contributed by atoms with E-state index in [1.165, 1.54) is 43.7 Å². The first-order chi connectivity index (χ1) is 7.83. The van der Waals surface area contributed by atoms with Crippen LogP contribution in [-0.2, 0) is 13.0 Å². The first kappa shape index (κ1) is 10.3. The Balaban J connectivity index is 1.80. The van der Waals surface area contributed by atoms with Crippen LogP contribution in [0.3, 0.4) is 0 Å². The summed E-state index contributed by atoms with van der Waals surface area (Å²) in [5.74, 6) is 2.85. The van der Waals surface area contributed by atoms with Gasteiger partial charge in [0.15, 0.2) is 0 Å². The molecule has 2 aliphatic rings. The highest BCUT2D eigenvalue weighted by Crippen LogP contribution is 2.27. The predicted molar refractivity (Wildman–Crippen MR) is 64.6 cm³/mol. The number of aromatic nitrogens is 2. The molecular weight excluding hydrogens is 198 g/mol. The Morgan fingerprint density at radius 2 is 2.12 bits per heavy atom. The summed E-state index contributed by atoms with van der Waals surface area (Å²) in [7, 11) is 0. The number of aryl methyl sites for hydroxylation is 1. The zero-order chi connectivity index (χ0) is 11.0. The maximum atomic E-state index is 4.86. The molecule has 1 fully saturated rings. The zero-order valence-electron chi connectivity index (χ0n) is 10.1. The van der Waals surface area contributed by atoms with Crippen molar-refractivity contribution in [1.82, 2.24) is 14.9 Å². The summed E-state index contributed by atoms with van der Waals surface area (Å²) in [6, 6.07) is 0. The Hall–Kier alpha value is -0.830. The molecule has 88 valence electrons. The van der Waals surface area contributed by atoms with Crippen molar-refractivity contribution in [2.45, 2.75) is 45.1 Å². The largest absolute Gasteiger partial charge is 0.335 e. The highest BCUT2D eigenvalue weighted by atomic mass is 15.1. The van der Waals surface area contributed by atoms with E-state index in [1.807, 2.05) is 0 Å². The third kappa shape index (κ3) is 1.88. The molecule has 0 radical (unpaired) electrons. The van der Waals surface area contributed by atoms with Gasteiger partial charge in [0.25, 0.3) is 0 Å². The van der Waals surface area contributed by atoms with Gasteiger partial charge in [-0.15, -0.1) is 0 Å². The lowest BCUT2D eigenvalue weighted by atomic mass is 9.95. The number of hydrogen-bond donors (Lipinski definition) is 1. The zero-order valence-corrected chi connectivity index (χ0v) is 10.1. The first-order valence-corrected chi connectivity index (χ1v) is 6.59. The first-order valence-electron chi connectivity index (χ1n) is 6.59. The third-order valence-electron chi connectivity index (χ3n) is 4.03. The van der Waals surface area contributed by atoms with Crippen LogP contribution in [-0.4, -0.2) is 22.6 Å². The number of rotatable bonds is 1. The van der Waals surface area contributed by atoms with E-state index >= 15 is 0 Å². The lowest BCUT2D eigenvalue weighted by Crippen LogP contribution is -2.26. The van der Waals surface area contributed by atoms with E-state index < -0.39 is 0 Å². The van der Waals surface area contributed by atoms with E-state index in [2.05, 4.69) is 23.0 Å². The molecule has 0 aromatic carbocycles. The second-order valence-electron chi connectivity index (χ2n) is 5.40. The van der Waals surface area contributed by atoms with Crippen molar-refractivity contribution >= 4 is 0 Å². The summed E-state index contributed by atoms with van der Waals surface area (Å²) < 4.78 is 2.39. The fourth-order valence-electron chi connectivity index (χ4n) is 2.92. The Bertz CT molecular complexity index is 363. The fourth-order valence-corrected chi connectivity index (χ4v) is 2.92. The van der Waals surface area contributed by atoms with E-state index in [9.17, 15) is 0 Å². The number of nitrogens with one attached hydrogen (secondary N) is 1. The molecule has 1 aromatic rings. The van der Waals surface area contributed by atoms with Crippen molar-refractivity contribution in [3.63, 3.8) is 0 Å². The van der Waals surface area contributed by atoms with Crippen molar-refractivity contribution in [1.29, 1.82) is 0 Å². The number of piperidine rings is 1. The minimum absolute atomic E-state index is 0.703. The van der Waals surface area contributed by atoms with Crippen LogP contribution in [0, 0.1) is 5.92 Å². The Kier molecular flexibility index (Phi) is 2.72. The molecule has 16 heavy (non-hydrogen) atoms. The molecule has 1 aromatic heterocycles. The average molecular weight is 219 g/mol. The number of hydrogen-bond acceptors (Lipinski definition) is 2. The van der Waals surface area contributed by atoms with Crippen molar-refractivity contribution < 1.29 is 0 Å². The third-order valence-corrected chi connectivity index (χ3v) is 4.03. The van der Waals surface area contributed by atoms with Gasteiger partial charge in [0.2, 0.25) is 0 Å². The van der Waals surface area contributed by atoms with E-state index in [-0.39, 0.29) is 0 Å². The van der Waals surface area contributed by atoms with Crippen LogP contribution in [0.1, 0.15) is 43.6 Å². The van der Waals surface area contributed by atoms with Crippen LogP contribution in [0.15, 0.2) is 6.20 Å². The molecule has 0 saturated carbocycles. The van der Waals surface area contributed by atoms with Crippen molar-refractivity contribution in [2.75, 3.05) is 13.1 Å². The van der Waals surface area contributed by atoms with Gasteiger partial charge < -0.3 is 9.88 Å². The lowest BCUT2D eigenvalue weighted by Gasteiger charge is -2.20. The highest BCUT2D eigenvalue weighted by molar-refractivity contribution is 5.12. The number of fused-ring (bicyclic) bond motifs is 1. The van der Waals surface area contributed by atoms with Crippen LogP contribution in [0.25, 0.3) is 0 Å². The monoisotopic (exact) mass is 219 g/mol. The van der Waals surface area contributed by atoms with Gasteiger partial charge in [0, 0.05) is 25.1 Å². The Morgan fingerprint density at radius 3 is 2.94 bits per heavy atom. The summed E-state index contributed by atoms with van der Waals surface area (Å²) in [4.78, 5) is 4.86. The normalized spacial score (nSPS) is 26.7. The second-order valence-corrected chi connectivity index (χ2v) is 5.40. The van der Waals surface area contributed by atoms with E-state index in [1.54, 1.807) is 0 Å². The Morgan fingerprint density at radius 1 is 1.31 bits per heavy atom. The predicted octanol–water partition coefficient (Wildman–Crippen LogP) is 1.93. The second kappa shape index (κ2) is 4.21. The standard InChI is InChI=1S/C13H21N3/c1-10-4-7-16-9-12(15-13(16)8-10)11-2-5-14-6-3-11/h9-11,14H,2-8H2,1H3/t10-/m1/s1. The van der Waals surface area contributed by atoms with Gasteiger partial charge >= 0.3 is 0 Å². The molecule has 0 amide bonds. The SMILES string of the molecule is C[C@@H]1CCn2cc(C3CCNCC3)nc2C1. The minimum atomic E-state index is 0.703. The molecule has 3 heteroatoms. The lowest BCUT2D eigenvalue weighted by molar-refractivity contribution is 0.409. The molecule has 0 bridgehead atoms. The summed E-state index contributed by atoms with van der Waals surface area (Å²) in [5, 5.41) is 3.42. The summed E-state index contributed by atoms with van der Waals surface area (Å²) in [6.07, 6.45) is 7.31. The van der Waals surface area contributed by atoms with E-state index in [0.717, 1.165) is 19.0 Å². The quantitative estimate of drug-likeness (QED) is 0.782. The van der Waals surface area contributed by atoms with Gasteiger partial charge in [0.05, 0.1) is 5.69 Å². The van der Waals surface area contributed by atoms with Crippen LogP contribution in [0.4, 0.5) is 0 Å². The maximum Gasteiger partial charge on any atom is 0.109 e. The summed E-state index contributed by atoms with van der Waals surface area (Å²) in [5.41, 5.74) is 1.35. The van der Waals surface area contributed by atoms with Gasteiger partial charge in [-0.1, -0.05) is 6.92 Å². The summed E-state index contributed by atoms with van der Waals surface area (Å²) >= 11 is 0. The van der Waals surface area contributed by atoms with Gasteiger partial charge in [0.1, 0.15) is 5.82 Å². The van der Waals surface area contributed by atoms with Gasteiger partial charge in [-0.25, -0.2) is 4.98 Å². The van der Waals surface area contributed by atoms with E-state index in [0.29, 0.717) is 5.92 Å². The summed E-state index contributed by atoms with van der Waals surface area (Å²) in [6.45, 7) is 5.82. The van der Waals surface area contributed by atoms with Gasteiger partial charge in [-0.05, 0) is 38.3 Å².